The van der Waals surface area contributed by atoms with E-state index in [9.17, 15) is 16.8 Å². The van der Waals surface area contributed by atoms with Gasteiger partial charge in [-0.1, -0.05) is 29.3 Å². The van der Waals surface area contributed by atoms with Crippen molar-refractivity contribution < 1.29 is 21.6 Å². The van der Waals surface area contributed by atoms with Gasteiger partial charge in [-0.25, -0.2) is 16.8 Å². The van der Waals surface area contributed by atoms with E-state index in [0.29, 0.717) is 5.75 Å². The number of likely N-dealkylation sites (N-methyl/N-ethyl adjacent to an activating group) is 1. The predicted octanol–water partition coefficient (Wildman–Crippen LogP) is 2.75. The van der Waals surface area contributed by atoms with Gasteiger partial charge in [0.05, 0.1) is 9.92 Å². The summed E-state index contributed by atoms with van der Waals surface area (Å²) in [6.45, 7) is 2.18. The first-order valence-electron chi connectivity index (χ1n) is 7.67. The van der Waals surface area contributed by atoms with Crippen LogP contribution in [0.25, 0.3) is 0 Å². The standard InChI is InChI=1S/C17H20ClNO5S2/c1-13-4-6-14(7-5-13)24-11-10-19(2)26(22,23)17-12-15(25(3,20)21)8-9-16(17)18/h4-9,12H,10-11H2,1-3H3. The summed E-state index contributed by atoms with van der Waals surface area (Å²) in [7, 11) is -6.12. The Morgan fingerprint density at radius 1 is 1.04 bits per heavy atom. The van der Waals surface area contributed by atoms with Gasteiger partial charge >= 0.3 is 0 Å². The minimum atomic E-state index is -3.96. The van der Waals surface area contributed by atoms with Crippen molar-refractivity contribution in [1.29, 1.82) is 0 Å². The average Bonchev–Trinajstić information content (AvgIpc) is 2.55. The highest BCUT2D eigenvalue weighted by Crippen LogP contribution is 2.27. The second-order valence-electron chi connectivity index (χ2n) is 5.85. The molecule has 142 valence electrons. The zero-order valence-corrected chi connectivity index (χ0v) is 17.0. The second-order valence-corrected chi connectivity index (χ2v) is 10.3. The third-order valence-corrected chi connectivity index (χ3v) is 7.16. The first-order valence-corrected chi connectivity index (χ1v) is 11.4. The fourth-order valence-electron chi connectivity index (χ4n) is 2.13. The Balaban J connectivity index is 2.14. The van der Waals surface area contributed by atoms with Crippen LogP contribution in [-0.2, 0) is 19.9 Å². The van der Waals surface area contributed by atoms with E-state index in [4.69, 9.17) is 16.3 Å². The van der Waals surface area contributed by atoms with Crippen LogP contribution in [0.5, 0.6) is 5.75 Å². The molecule has 0 radical (unpaired) electrons. The summed E-state index contributed by atoms with van der Waals surface area (Å²) in [5.74, 6) is 0.638. The van der Waals surface area contributed by atoms with Crippen molar-refractivity contribution in [3.8, 4) is 5.75 Å². The molecular formula is C17H20ClNO5S2. The summed E-state index contributed by atoms with van der Waals surface area (Å²) in [5.41, 5.74) is 1.09. The highest BCUT2D eigenvalue weighted by Gasteiger charge is 2.25. The molecule has 2 aromatic carbocycles. The molecular weight excluding hydrogens is 398 g/mol. The molecule has 0 N–H and O–H groups in total. The van der Waals surface area contributed by atoms with Gasteiger partial charge in [-0.15, -0.1) is 0 Å². The fourth-order valence-corrected chi connectivity index (χ4v) is 4.50. The van der Waals surface area contributed by atoms with Crippen LogP contribution in [0.1, 0.15) is 5.56 Å². The van der Waals surface area contributed by atoms with Gasteiger partial charge in [0.15, 0.2) is 9.84 Å². The van der Waals surface area contributed by atoms with Crippen LogP contribution >= 0.6 is 11.6 Å². The number of sulfone groups is 1. The van der Waals surface area contributed by atoms with Crippen molar-refractivity contribution >= 4 is 31.5 Å². The fraction of sp³-hybridized carbons (Fsp3) is 0.294. The number of sulfonamides is 1. The Bertz CT molecular complexity index is 986. The first-order chi connectivity index (χ1) is 12.0. The van der Waals surface area contributed by atoms with Gasteiger partial charge in [-0.05, 0) is 37.3 Å². The van der Waals surface area contributed by atoms with E-state index in [1.54, 1.807) is 12.1 Å². The zero-order valence-electron chi connectivity index (χ0n) is 14.6. The minimum Gasteiger partial charge on any atom is -0.492 e. The van der Waals surface area contributed by atoms with Crippen LogP contribution in [-0.4, -0.2) is 47.6 Å². The molecule has 6 nitrogen and oxygen atoms in total. The molecule has 0 aliphatic rings. The molecule has 2 aromatic rings. The summed E-state index contributed by atoms with van der Waals surface area (Å²) >= 11 is 5.99. The van der Waals surface area contributed by atoms with Gasteiger partial charge < -0.3 is 4.74 Å². The van der Waals surface area contributed by atoms with E-state index in [1.807, 2.05) is 19.1 Å². The SMILES string of the molecule is Cc1ccc(OCCN(C)S(=O)(=O)c2cc(S(C)(=O)=O)ccc2Cl)cc1. The van der Waals surface area contributed by atoms with Crippen molar-refractivity contribution in [2.45, 2.75) is 16.7 Å². The van der Waals surface area contributed by atoms with Crippen molar-refractivity contribution in [2.24, 2.45) is 0 Å². The summed E-state index contributed by atoms with van der Waals surface area (Å²) in [4.78, 5) is -0.357. The Kier molecular flexibility index (Phi) is 6.33. The van der Waals surface area contributed by atoms with Gasteiger partial charge in [0.2, 0.25) is 10.0 Å². The highest BCUT2D eigenvalue weighted by molar-refractivity contribution is 7.91. The lowest BCUT2D eigenvalue weighted by Crippen LogP contribution is -2.31. The number of aryl methyl sites for hydroxylation is 1. The lowest BCUT2D eigenvalue weighted by Gasteiger charge is -2.18. The third kappa shape index (κ3) is 4.97. The van der Waals surface area contributed by atoms with E-state index in [-0.39, 0.29) is 28.0 Å². The molecule has 0 aliphatic heterocycles. The molecule has 0 bridgehead atoms. The summed E-state index contributed by atoms with van der Waals surface area (Å²) < 4.78 is 55.4. The Morgan fingerprint density at radius 2 is 1.65 bits per heavy atom. The lowest BCUT2D eigenvalue weighted by atomic mass is 10.2. The van der Waals surface area contributed by atoms with Crippen molar-refractivity contribution in [3.63, 3.8) is 0 Å². The van der Waals surface area contributed by atoms with Crippen molar-refractivity contribution in [1.82, 2.24) is 4.31 Å². The van der Waals surface area contributed by atoms with E-state index >= 15 is 0 Å². The van der Waals surface area contributed by atoms with E-state index < -0.39 is 19.9 Å². The maximum atomic E-state index is 12.7. The molecule has 0 atom stereocenters. The average molecular weight is 418 g/mol. The van der Waals surface area contributed by atoms with Crippen LogP contribution in [0.15, 0.2) is 52.3 Å². The largest absolute Gasteiger partial charge is 0.492 e. The normalized spacial score (nSPS) is 12.3. The molecule has 0 fully saturated rings. The predicted molar refractivity (Wildman–Crippen MR) is 101 cm³/mol. The smallest absolute Gasteiger partial charge is 0.244 e. The Morgan fingerprint density at radius 3 is 2.23 bits per heavy atom. The minimum absolute atomic E-state index is 0.0382. The first kappa shape index (κ1) is 20.7. The third-order valence-electron chi connectivity index (χ3n) is 3.71. The van der Waals surface area contributed by atoms with E-state index in [0.717, 1.165) is 22.2 Å². The molecule has 0 saturated carbocycles. The molecule has 2 rings (SSSR count). The molecule has 0 amide bonds. The molecule has 0 heterocycles. The van der Waals surface area contributed by atoms with Crippen LogP contribution in [0.4, 0.5) is 0 Å². The molecule has 0 saturated heterocycles. The number of hydrogen-bond donors (Lipinski definition) is 0. The monoisotopic (exact) mass is 417 g/mol. The maximum Gasteiger partial charge on any atom is 0.244 e. The van der Waals surface area contributed by atoms with Crippen LogP contribution in [0, 0.1) is 6.92 Å². The summed E-state index contributed by atoms with van der Waals surface area (Å²) in [5, 5.41) is -0.0382. The Hall–Kier alpha value is -1.61. The summed E-state index contributed by atoms with van der Waals surface area (Å²) in [6, 6.07) is 11.0. The van der Waals surface area contributed by atoms with Crippen LogP contribution < -0.4 is 4.74 Å². The second kappa shape index (κ2) is 7.96. The summed E-state index contributed by atoms with van der Waals surface area (Å²) in [6.07, 6.45) is 1.01. The quantitative estimate of drug-likeness (QED) is 0.691. The van der Waals surface area contributed by atoms with Crippen LogP contribution in [0.3, 0.4) is 0 Å². The molecule has 0 unspecified atom stereocenters. The van der Waals surface area contributed by atoms with Gasteiger partial charge in [-0.2, -0.15) is 4.31 Å². The van der Waals surface area contributed by atoms with Gasteiger partial charge in [0, 0.05) is 19.8 Å². The molecule has 9 heteroatoms. The molecule has 0 aromatic heterocycles. The number of halogens is 1. The lowest BCUT2D eigenvalue weighted by molar-refractivity contribution is 0.287. The Labute approximate surface area is 159 Å². The number of nitrogens with zero attached hydrogens (tertiary/aromatic N) is 1. The van der Waals surface area contributed by atoms with Crippen molar-refractivity contribution in [3.05, 3.63) is 53.1 Å². The molecule has 0 spiro atoms. The zero-order chi connectivity index (χ0) is 19.5. The van der Waals surface area contributed by atoms with Crippen LogP contribution in [0.2, 0.25) is 5.02 Å². The highest BCUT2D eigenvalue weighted by atomic mass is 35.5. The van der Waals surface area contributed by atoms with E-state index in [2.05, 4.69) is 0 Å². The number of ether oxygens (including phenoxy) is 1. The van der Waals surface area contributed by atoms with Crippen molar-refractivity contribution in [2.75, 3.05) is 26.5 Å². The maximum absolute atomic E-state index is 12.7. The number of hydrogen-bond acceptors (Lipinski definition) is 5. The topological polar surface area (TPSA) is 80.8 Å². The van der Waals surface area contributed by atoms with E-state index in [1.165, 1.54) is 19.2 Å². The van der Waals surface area contributed by atoms with Gasteiger partial charge in [0.1, 0.15) is 17.3 Å². The molecule has 0 aliphatic carbocycles. The molecule has 26 heavy (non-hydrogen) atoms. The van der Waals surface area contributed by atoms with Gasteiger partial charge in [-0.3, -0.25) is 0 Å². The number of rotatable bonds is 7. The number of benzene rings is 2. The van der Waals surface area contributed by atoms with Gasteiger partial charge in [0.25, 0.3) is 0 Å².